The Balaban J connectivity index is 1.94. The second-order valence-electron chi connectivity index (χ2n) is 5.95. The van der Waals surface area contributed by atoms with Crippen LogP contribution in [0.5, 0.6) is 0 Å². The topological polar surface area (TPSA) is 38.0 Å². The van der Waals surface area contributed by atoms with Gasteiger partial charge in [-0.05, 0) is 36.1 Å². The Bertz CT molecular complexity index is 915. The van der Waals surface area contributed by atoms with Crippen LogP contribution in [-0.2, 0) is 4.75 Å². The van der Waals surface area contributed by atoms with Gasteiger partial charge in [0.2, 0.25) is 0 Å². The fraction of sp³-hybridized carbons (Fsp3) is 0.250. The Morgan fingerprint density at radius 1 is 0.778 bits per heavy atom. The van der Waals surface area contributed by atoms with Crippen LogP contribution >= 0.6 is 11.8 Å². The lowest BCUT2D eigenvalue weighted by Crippen LogP contribution is -2.28. The molecule has 0 radical (unpaired) electrons. The Kier molecular flexibility index (Phi) is 5.03. The molecule has 3 rings (SSSR count). The molecule has 2 nitrogen and oxygen atoms in total. The molecule has 0 heterocycles. The summed E-state index contributed by atoms with van der Waals surface area (Å²) in [5.74, 6) is 0.432. The van der Waals surface area contributed by atoms with Crippen molar-refractivity contribution in [2.24, 2.45) is 5.73 Å². The van der Waals surface area contributed by atoms with Crippen molar-refractivity contribution in [2.45, 2.75) is 11.1 Å². The first-order chi connectivity index (χ1) is 15.5. The molecule has 0 spiro atoms. The Labute approximate surface area is 175 Å². The van der Waals surface area contributed by atoms with Crippen molar-refractivity contribution in [3.8, 4) is 0 Å². The zero-order valence-corrected chi connectivity index (χ0v) is 15.9. The van der Waals surface area contributed by atoms with Gasteiger partial charge in [-0.1, -0.05) is 91.0 Å². The molecule has 0 fully saturated rings. The Morgan fingerprint density at radius 2 is 1.22 bits per heavy atom. The van der Waals surface area contributed by atoms with Gasteiger partial charge in [0.1, 0.15) is 0 Å². The fourth-order valence-electron chi connectivity index (χ4n) is 3.17. The summed E-state index contributed by atoms with van der Waals surface area (Å²) in [4.78, 5) is 0. The zero-order chi connectivity index (χ0) is 24.2. The van der Waals surface area contributed by atoms with Gasteiger partial charge in [-0.15, -0.1) is 11.8 Å². The quantitative estimate of drug-likeness (QED) is 0.396. The van der Waals surface area contributed by atoms with Crippen LogP contribution in [0, 0.1) is 0 Å². The Hall–Kier alpha value is -2.07. The fourth-order valence-corrected chi connectivity index (χ4v) is 4.59. The maximum atomic E-state index is 8.06. The molecular weight excluding hydrogens is 348 g/mol. The standard InChI is InChI=1S/C24H28N2S/c25-17-10-18-26-19-20-27-24(21-11-4-1-5-12-21,22-13-6-2-7-14-22)23-15-8-3-9-16-23/h1-9,11-16,26H,10,17-20,25H2/i10D2,17D2,18D2. The molecule has 0 amide bonds. The SMILES string of the molecule is [2H]C([2H])(N)C([2H])([2H])C([2H])([2H])NCCSC(c1ccccc1)(c1ccccc1)c1ccccc1. The predicted octanol–water partition coefficient (Wildman–Crippen LogP) is 4.65. The second-order valence-corrected chi connectivity index (χ2v) is 7.26. The van der Waals surface area contributed by atoms with Crippen molar-refractivity contribution < 1.29 is 8.22 Å². The van der Waals surface area contributed by atoms with E-state index in [1.807, 2.05) is 54.6 Å². The average molecular weight is 383 g/mol. The molecule has 0 aromatic heterocycles. The highest BCUT2D eigenvalue weighted by Crippen LogP contribution is 2.48. The normalized spacial score (nSPS) is 16.3. The second kappa shape index (κ2) is 10.3. The molecular formula is C24H28N2S. The first kappa shape index (κ1) is 13.2. The highest BCUT2D eigenvalue weighted by Gasteiger charge is 2.36. The molecule has 3 N–H and O–H groups in total. The summed E-state index contributed by atoms with van der Waals surface area (Å²) in [6.45, 7) is -5.37. The number of nitrogens with one attached hydrogen (secondary N) is 1. The molecule has 140 valence electrons. The van der Waals surface area contributed by atoms with E-state index in [-0.39, 0.29) is 6.54 Å². The minimum atomic E-state index is -2.92. The molecule has 3 aromatic carbocycles. The van der Waals surface area contributed by atoms with E-state index in [0.717, 1.165) is 16.7 Å². The van der Waals surface area contributed by atoms with E-state index in [1.54, 1.807) is 11.8 Å². The maximum absolute atomic E-state index is 8.06. The number of hydrogen-bond donors (Lipinski definition) is 2. The van der Waals surface area contributed by atoms with Gasteiger partial charge in [-0.2, -0.15) is 0 Å². The molecule has 0 unspecified atom stereocenters. The third kappa shape index (κ3) is 4.81. The zero-order valence-electron chi connectivity index (χ0n) is 21.1. The maximum Gasteiger partial charge on any atom is 0.0907 e. The summed E-state index contributed by atoms with van der Waals surface area (Å²) < 4.78 is 46.3. The molecule has 27 heavy (non-hydrogen) atoms. The largest absolute Gasteiger partial charge is 0.330 e. The summed E-state index contributed by atoms with van der Waals surface area (Å²) in [5, 5.41) is 2.55. The van der Waals surface area contributed by atoms with E-state index in [2.05, 4.69) is 41.7 Å². The monoisotopic (exact) mass is 382 g/mol. The van der Waals surface area contributed by atoms with Crippen LogP contribution in [-0.4, -0.2) is 25.3 Å². The van der Waals surface area contributed by atoms with Crippen LogP contribution in [0.3, 0.4) is 0 Å². The van der Waals surface area contributed by atoms with E-state index < -0.39 is 24.1 Å². The van der Waals surface area contributed by atoms with E-state index in [0.29, 0.717) is 5.75 Å². The van der Waals surface area contributed by atoms with Crippen LogP contribution in [0.15, 0.2) is 91.0 Å². The molecule has 3 heteroatoms. The van der Waals surface area contributed by atoms with E-state index >= 15 is 0 Å². The number of rotatable bonds is 10. The molecule has 0 atom stereocenters. The predicted molar refractivity (Wildman–Crippen MR) is 118 cm³/mol. The van der Waals surface area contributed by atoms with Gasteiger partial charge >= 0.3 is 0 Å². The summed E-state index contributed by atoms with van der Waals surface area (Å²) in [5.41, 5.74) is 8.49. The van der Waals surface area contributed by atoms with Gasteiger partial charge in [-0.25, -0.2) is 0 Å². The average Bonchev–Trinajstić information content (AvgIpc) is 2.80. The van der Waals surface area contributed by atoms with Crippen LogP contribution in [0.2, 0.25) is 0 Å². The van der Waals surface area contributed by atoms with Gasteiger partial charge in [0.05, 0.1) is 4.75 Å². The van der Waals surface area contributed by atoms with E-state index in [4.69, 9.17) is 14.0 Å². The third-order valence-corrected chi connectivity index (χ3v) is 5.86. The summed E-state index contributed by atoms with van der Waals surface area (Å²) in [6, 6.07) is 30.3. The summed E-state index contributed by atoms with van der Waals surface area (Å²) in [6.07, 6.45) is -2.92. The summed E-state index contributed by atoms with van der Waals surface area (Å²) >= 11 is 1.61. The number of thioether (sulfide) groups is 1. The lowest BCUT2D eigenvalue weighted by molar-refractivity contribution is 0.681. The number of hydrogen-bond acceptors (Lipinski definition) is 3. The van der Waals surface area contributed by atoms with Gasteiger partial charge in [0.15, 0.2) is 0 Å². The van der Waals surface area contributed by atoms with Crippen molar-refractivity contribution in [2.75, 3.05) is 25.3 Å². The highest BCUT2D eigenvalue weighted by molar-refractivity contribution is 8.00. The molecule has 0 saturated carbocycles. The van der Waals surface area contributed by atoms with Crippen LogP contribution in [0.25, 0.3) is 0 Å². The van der Waals surface area contributed by atoms with E-state index in [1.165, 1.54) is 0 Å². The molecule has 0 aliphatic heterocycles. The molecule has 0 aliphatic rings. The van der Waals surface area contributed by atoms with Crippen molar-refractivity contribution in [3.05, 3.63) is 108 Å². The third-order valence-electron chi connectivity index (χ3n) is 4.31. The Morgan fingerprint density at radius 3 is 1.63 bits per heavy atom. The van der Waals surface area contributed by atoms with Crippen molar-refractivity contribution in [1.29, 1.82) is 0 Å². The van der Waals surface area contributed by atoms with Crippen LogP contribution in [0.1, 0.15) is 31.3 Å². The number of nitrogens with two attached hydrogens (primary N) is 1. The lowest BCUT2D eigenvalue weighted by atomic mass is 9.84. The van der Waals surface area contributed by atoms with Gasteiger partial charge < -0.3 is 11.1 Å². The minimum absolute atomic E-state index is 0.113. The first-order valence-electron chi connectivity index (χ1n) is 11.9. The van der Waals surface area contributed by atoms with Gasteiger partial charge in [0.25, 0.3) is 0 Å². The van der Waals surface area contributed by atoms with Crippen molar-refractivity contribution in [1.82, 2.24) is 5.32 Å². The van der Waals surface area contributed by atoms with Crippen molar-refractivity contribution in [3.63, 3.8) is 0 Å². The van der Waals surface area contributed by atoms with Crippen molar-refractivity contribution >= 4 is 11.8 Å². The van der Waals surface area contributed by atoms with Gasteiger partial charge in [0, 0.05) is 20.5 Å². The van der Waals surface area contributed by atoms with Crippen LogP contribution < -0.4 is 11.1 Å². The highest BCUT2D eigenvalue weighted by atomic mass is 32.2. The molecule has 0 bridgehead atoms. The molecule has 0 aliphatic carbocycles. The molecule has 0 saturated heterocycles. The van der Waals surface area contributed by atoms with E-state index in [9.17, 15) is 0 Å². The summed E-state index contributed by atoms with van der Waals surface area (Å²) in [7, 11) is 0. The number of benzene rings is 3. The molecule has 3 aromatic rings. The van der Waals surface area contributed by atoms with Crippen LogP contribution in [0.4, 0.5) is 0 Å². The lowest BCUT2D eigenvalue weighted by Gasteiger charge is -2.35. The minimum Gasteiger partial charge on any atom is -0.330 e. The smallest absolute Gasteiger partial charge is 0.0907 e. The van der Waals surface area contributed by atoms with Gasteiger partial charge in [-0.3, -0.25) is 0 Å². The first-order valence-corrected chi connectivity index (χ1v) is 9.85.